The first kappa shape index (κ1) is 15.6. The molecule has 5 heteroatoms. The topological polar surface area (TPSA) is 57.8 Å². The molecule has 0 saturated carbocycles. The summed E-state index contributed by atoms with van der Waals surface area (Å²) in [5, 5.41) is 7.13. The number of thiazole rings is 1. The Morgan fingerprint density at radius 3 is 2.92 bits per heavy atom. The van der Waals surface area contributed by atoms with E-state index in [9.17, 15) is 4.79 Å². The van der Waals surface area contributed by atoms with Gasteiger partial charge >= 0.3 is 0 Å². The van der Waals surface area contributed by atoms with Gasteiger partial charge < -0.3 is 10.3 Å². The molecule has 0 saturated heterocycles. The van der Waals surface area contributed by atoms with Crippen LogP contribution < -0.4 is 5.32 Å². The standard InChI is InChI=1S/C20H17N3OS/c1-13-22-19(12-25-13)14-5-4-6-16(9-14)23-20(24)10-15-11-21-18-8-3-2-7-17(15)18/h2-9,11-12,21H,10H2,1H3,(H,23,24). The fraction of sp³-hybridized carbons (Fsp3) is 0.100. The molecule has 2 N–H and O–H groups in total. The normalized spacial score (nSPS) is 10.9. The van der Waals surface area contributed by atoms with Crippen molar-refractivity contribution >= 4 is 33.8 Å². The first-order chi connectivity index (χ1) is 12.2. The molecule has 0 unspecified atom stereocenters. The molecular weight excluding hydrogens is 330 g/mol. The van der Waals surface area contributed by atoms with Gasteiger partial charge in [-0.2, -0.15) is 0 Å². The van der Waals surface area contributed by atoms with Crippen LogP contribution >= 0.6 is 11.3 Å². The van der Waals surface area contributed by atoms with Crippen molar-refractivity contribution in [3.05, 3.63) is 70.7 Å². The molecule has 0 atom stereocenters. The molecular formula is C20H17N3OS. The quantitative estimate of drug-likeness (QED) is 0.558. The first-order valence-electron chi connectivity index (χ1n) is 8.06. The van der Waals surface area contributed by atoms with Gasteiger partial charge in [-0.05, 0) is 30.7 Å². The Kier molecular flexibility index (Phi) is 4.07. The number of hydrogen-bond acceptors (Lipinski definition) is 3. The minimum Gasteiger partial charge on any atom is -0.361 e. The molecule has 0 spiro atoms. The molecule has 1 amide bonds. The molecule has 4 rings (SSSR count). The minimum absolute atomic E-state index is 0.0311. The van der Waals surface area contributed by atoms with Crippen molar-refractivity contribution in [3.8, 4) is 11.3 Å². The molecule has 2 aromatic heterocycles. The number of anilines is 1. The number of aromatic nitrogens is 2. The third-order valence-corrected chi connectivity index (χ3v) is 4.86. The Labute approximate surface area is 149 Å². The maximum Gasteiger partial charge on any atom is 0.228 e. The van der Waals surface area contributed by atoms with Crippen LogP contribution in [-0.4, -0.2) is 15.9 Å². The summed E-state index contributed by atoms with van der Waals surface area (Å²) in [4.78, 5) is 20.1. The lowest BCUT2D eigenvalue weighted by Gasteiger charge is -2.06. The summed E-state index contributed by atoms with van der Waals surface area (Å²) < 4.78 is 0. The summed E-state index contributed by atoms with van der Waals surface area (Å²) in [6.07, 6.45) is 2.24. The van der Waals surface area contributed by atoms with Gasteiger partial charge in [0.05, 0.1) is 17.1 Å². The number of H-pyrrole nitrogens is 1. The molecule has 4 nitrogen and oxygen atoms in total. The van der Waals surface area contributed by atoms with Crippen LogP contribution in [0.2, 0.25) is 0 Å². The zero-order valence-corrected chi connectivity index (χ0v) is 14.6. The lowest BCUT2D eigenvalue weighted by Crippen LogP contribution is -2.14. The number of fused-ring (bicyclic) bond motifs is 1. The van der Waals surface area contributed by atoms with Crippen molar-refractivity contribution in [2.75, 3.05) is 5.32 Å². The van der Waals surface area contributed by atoms with E-state index in [1.807, 2.05) is 67.0 Å². The van der Waals surface area contributed by atoms with Gasteiger partial charge in [0.15, 0.2) is 0 Å². The second-order valence-electron chi connectivity index (χ2n) is 5.92. The summed E-state index contributed by atoms with van der Waals surface area (Å²) in [6, 6.07) is 15.8. The average molecular weight is 347 g/mol. The predicted molar refractivity (Wildman–Crippen MR) is 103 cm³/mol. The molecule has 0 bridgehead atoms. The predicted octanol–water partition coefficient (Wildman–Crippen LogP) is 4.78. The van der Waals surface area contributed by atoms with Crippen molar-refractivity contribution in [3.63, 3.8) is 0 Å². The number of carbonyl (C=O) groups excluding carboxylic acids is 1. The molecule has 2 aromatic carbocycles. The van der Waals surface area contributed by atoms with E-state index in [1.165, 1.54) is 0 Å². The van der Waals surface area contributed by atoms with E-state index >= 15 is 0 Å². The molecule has 124 valence electrons. The monoisotopic (exact) mass is 347 g/mol. The van der Waals surface area contributed by atoms with Gasteiger partial charge in [0.2, 0.25) is 5.91 Å². The summed E-state index contributed by atoms with van der Waals surface area (Å²) in [7, 11) is 0. The molecule has 2 heterocycles. The van der Waals surface area contributed by atoms with E-state index < -0.39 is 0 Å². The van der Waals surface area contributed by atoms with Crippen molar-refractivity contribution in [1.82, 2.24) is 9.97 Å². The van der Waals surface area contributed by atoms with Gasteiger partial charge in [-0.25, -0.2) is 4.98 Å². The van der Waals surface area contributed by atoms with Crippen LogP contribution in [0.5, 0.6) is 0 Å². The SMILES string of the molecule is Cc1nc(-c2cccc(NC(=O)Cc3c[nH]c4ccccc34)c2)cs1. The number of carbonyl (C=O) groups is 1. The number of rotatable bonds is 4. The maximum absolute atomic E-state index is 12.4. The molecule has 0 aliphatic carbocycles. The first-order valence-corrected chi connectivity index (χ1v) is 8.94. The minimum atomic E-state index is -0.0311. The highest BCUT2D eigenvalue weighted by molar-refractivity contribution is 7.09. The number of nitrogens with one attached hydrogen (secondary N) is 2. The molecule has 4 aromatic rings. The highest BCUT2D eigenvalue weighted by Crippen LogP contribution is 2.24. The highest BCUT2D eigenvalue weighted by atomic mass is 32.1. The molecule has 25 heavy (non-hydrogen) atoms. The van der Waals surface area contributed by atoms with Crippen LogP contribution in [0, 0.1) is 6.92 Å². The van der Waals surface area contributed by atoms with Crippen LogP contribution in [0.1, 0.15) is 10.6 Å². The Bertz CT molecular complexity index is 1050. The zero-order chi connectivity index (χ0) is 17.2. The number of nitrogens with zero attached hydrogens (tertiary/aromatic N) is 1. The van der Waals surface area contributed by atoms with E-state index in [0.29, 0.717) is 6.42 Å². The number of hydrogen-bond donors (Lipinski definition) is 2. The fourth-order valence-electron chi connectivity index (χ4n) is 2.91. The molecule has 0 aliphatic heterocycles. The number of amides is 1. The van der Waals surface area contributed by atoms with Crippen molar-refractivity contribution in [2.45, 2.75) is 13.3 Å². The highest BCUT2D eigenvalue weighted by Gasteiger charge is 2.10. The molecule has 0 fully saturated rings. The van der Waals surface area contributed by atoms with Gasteiger partial charge in [0, 0.05) is 33.7 Å². The van der Waals surface area contributed by atoms with Crippen molar-refractivity contribution in [2.24, 2.45) is 0 Å². The van der Waals surface area contributed by atoms with Gasteiger partial charge in [0.25, 0.3) is 0 Å². The lowest BCUT2D eigenvalue weighted by molar-refractivity contribution is -0.115. The second kappa shape index (κ2) is 6.53. The average Bonchev–Trinajstić information content (AvgIpc) is 3.22. The summed E-state index contributed by atoms with van der Waals surface area (Å²) in [6.45, 7) is 1.99. The Balaban J connectivity index is 1.51. The number of aromatic amines is 1. The number of aryl methyl sites for hydroxylation is 1. The van der Waals surface area contributed by atoms with E-state index in [2.05, 4.69) is 15.3 Å². The Morgan fingerprint density at radius 1 is 1.20 bits per heavy atom. The van der Waals surface area contributed by atoms with Crippen LogP contribution in [0.4, 0.5) is 5.69 Å². The third-order valence-electron chi connectivity index (χ3n) is 4.09. The van der Waals surface area contributed by atoms with Crippen LogP contribution in [0.15, 0.2) is 60.1 Å². The molecule has 0 aliphatic rings. The third kappa shape index (κ3) is 3.32. The van der Waals surface area contributed by atoms with Crippen LogP contribution in [-0.2, 0) is 11.2 Å². The van der Waals surface area contributed by atoms with Gasteiger partial charge in [-0.1, -0.05) is 30.3 Å². The number of benzene rings is 2. The Morgan fingerprint density at radius 2 is 2.08 bits per heavy atom. The van der Waals surface area contributed by atoms with Gasteiger partial charge in [-0.15, -0.1) is 11.3 Å². The van der Waals surface area contributed by atoms with Crippen molar-refractivity contribution in [1.29, 1.82) is 0 Å². The zero-order valence-electron chi connectivity index (χ0n) is 13.7. The van der Waals surface area contributed by atoms with Gasteiger partial charge in [-0.3, -0.25) is 4.79 Å². The summed E-state index contributed by atoms with van der Waals surface area (Å²) in [5.74, 6) is -0.0311. The lowest BCUT2D eigenvalue weighted by atomic mass is 10.1. The van der Waals surface area contributed by atoms with Crippen molar-refractivity contribution < 1.29 is 4.79 Å². The van der Waals surface area contributed by atoms with Gasteiger partial charge in [0.1, 0.15) is 0 Å². The van der Waals surface area contributed by atoms with Crippen LogP contribution in [0.3, 0.4) is 0 Å². The smallest absolute Gasteiger partial charge is 0.228 e. The Hall–Kier alpha value is -2.92. The van der Waals surface area contributed by atoms with E-state index in [-0.39, 0.29) is 5.91 Å². The van der Waals surface area contributed by atoms with E-state index in [4.69, 9.17) is 0 Å². The van der Waals surface area contributed by atoms with E-state index in [0.717, 1.165) is 38.4 Å². The van der Waals surface area contributed by atoms with Crippen LogP contribution in [0.25, 0.3) is 22.2 Å². The fourth-order valence-corrected chi connectivity index (χ4v) is 3.53. The largest absolute Gasteiger partial charge is 0.361 e. The van der Waals surface area contributed by atoms with E-state index in [1.54, 1.807) is 11.3 Å². The maximum atomic E-state index is 12.4. The number of para-hydroxylation sites is 1. The second-order valence-corrected chi connectivity index (χ2v) is 6.98. The summed E-state index contributed by atoms with van der Waals surface area (Å²) >= 11 is 1.62. The summed E-state index contributed by atoms with van der Waals surface area (Å²) in [5.41, 5.74) is 4.78. The molecule has 0 radical (unpaired) electrons.